The zero-order valence-corrected chi connectivity index (χ0v) is 14.6. The summed E-state index contributed by atoms with van der Waals surface area (Å²) in [6.45, 7) is 1.13. The van der Waals surface area contributed by atoms with Crippen LogP contribution in [0.15, 0.2) is 24.3 Å². The number of halogens is 3. The molecule has 136 valence electrons. The molecule has 1 heterocycles. The molecule has 24 heavy (non-hydrogen) atoms. The number of hydrogen-bond donors (Lipinski definition) is 2. The fourth-order valence-electron chi connectivity index (χ4n) is 2.84. The average Bonchev–Trinajstić information content (AvgIpc) is 2.54. The zero-order chi connectivity index (χ0) is 16.7. The number of piperidine rings is 1. The third-order valence-electron chi connectivity index (χ3n) is 4.22. The van der Waals surface area contributed by atoms with Crippen LogP contribution in [-0.4, -0.2) is 25.6 Å². The largest absolute Gasteiger partial charge is 0.435 e. The molecule has 1 aromatic rings. The Balaban J connectivity index is 0.00000288. The van der Waals surface area contributed by atoms with Crippen LogP contribution < -0.4 is 15.4 Å². The van der Waals surface area contributed by atoms with Gasteiger partial charge in [0.05, 0.1) is 6.04 Å². The number of rotatable bonds is 7. The van der Waals surface area contributed by atoms with Crippen molar-refractivity contribution in [3.05, 3.63) is 29.8 Å². The van der Waals surface area contributed by atoms with E-state index in [1.807, 2.05) is 6.92 Å². The molecule has 0 saturated carbocycles. The van der Waals surface area contributed by atoms with E-state index < -0.39 is 6.61 Å². The van der Waals surface area contributed by atoms with Crippen LogP contribution in [0.5, 0.6) is 5.75 Å². The van der Waals surface area contributed by atoms with Gasteiger partial charge in [-0.05, 0) is 62.9 Å². The van der Waals surface area contributed by atoms with Gasteiger partial charge in [0.15, 0.2) is 0 Å². The summed E-state index contributed by atoms with van der Waals surface area (Å²) in [5.41, 5.74) is 0.863. The van der Waals surface area contributed by atoms with E-state index in [0.29, 0.717) is 12.3 Å². The Morgan fingerprint density at radius 2 is 1.92 bits per heavy atom. The molecule has 7 heteroatoms. The maximum absolute atomic E-state index is 12.1. The highest BCUT2D eigenvalue weighted by Gasteiger charge is 2.16. The molecule has 0 radical (unpaired) electrons. The summed E-state index contributed by atoms with van der Waals surface area (Å²) >= 11 is 0. The van der Waals surface area contributed by atoms with Gasteiger partial charge in [0.2, 0.25) is 5.91 Å². The van der Waals surface area contributed by atoms with E-state index in [2.05, 4.69) is 15.4 Å². The summed E-state index contributed by atoms with van der Waals surface area (Å²) in [6, 6.07) is 6.19. The van der Waals surface area contributed by atoms with E-state index in [4.69, 9.17) is 0 Å². The van der Waals surface area contributed by atoms with E-state index in [9.17, 15) is 13.6 Å². The van der Waals surface area contributed by atoms with Crippen LogP contribution in [0.3, 0.4) is 0 Å². The fourth-order valence-corrected chi connectivity index (χ4v) is 2.84. The second kappa shape index (κ2) is 10.5. The smallest absolute Gasteiger partial charge is 0.387 e. The molecule has 1 atom stereocenters. The topological polar surface area (TPSA) is 50.4 Å². The minimum absolute atomic E-state index is 0. The Labute approximate surface area is 147 Å². The molecule has 0 spiro atoms. The van der Waals surface area contributed by atoms with Crippen molar-refractivity contribution in [2.24, 2.45) is 5.92 Å². The van der Waals surface area contributed by atoms with Crippen LogP contribution >= 0.6 is 12.4 Å². The van der Waals surface area contributed by atoms with Crippen LogP contribution in [0.2, 0.25) is 0 Å². The lowest BCUT2D eigenvalue weighted by Crippen LogP contribution is -2.30. The Bertz CT molecular complexity index is 494. The maximum atomic E-state index is 12.1. The van der Waals surface area contributed by atoms with Crippen LogP contribution in [0.1, 0.15) is 44.2 Å². The summed E-state index contributed by atoms with van der Waals surface area (Å²) in [6.07, 6.45) is 3.71. The van der Waals surface area contributed by atoms with Gasteiger partial charge in [-0.25, -0.2) is 0 Å². The lowest BCUT2D eigenvalue weighted by molar-refractivity contribution is -0.122. The van der Waals surface area contributed by atoms with Crippen molar-refractivity contribution in [1.82, 2.24) is 10.6 Å². The fraction of sp³-hybridized carbons (Fsp3) is 0.588. The van der Waals surface area contributed by atoms with Gasteiger partial charge < -0.3 is 15.4 Å². The Kier molecular flexibility index (Phi) is 9.00. The molecule has 1 amide bonds. The van der Waals surface area contributed by atoms with Crippen LogP contribution in [0.25, 0.3) is 0 Å². The van der Waals surface area contributed by atoms with Crippen molar-refractivity contribution in [3.8, 4) is 5.75 Å². The first-order valence-electron chi connectivity index (χ1n) is 8.09. The van der Waals surface area contributed by atoms with Crippen LogP contribution in [-0.2, 0) is 4.79 Å². The van der Waals surface area contributed by atoms with Gasteiger partial charge in [0, 0.05) is 6.42 Å². The number of carbonyl (C=O) groups excluding carboxylic acids is 1. The van der Waals surface area contributed by atoms with Crippen LogP contribution in [0.4, 0.5) is 8.78 Å². The van der Waals surface area contributed by atoms with Crippen molar-refractivity contribution in [2.45, 2.75) is 45.3 Å². The minimum atomic E-state index is -2.83. The molecule has 1 unspecified atom stereocenters. The van der Waals surface area contributed by atoms with E-state index in [0.717, 1.165) is 37.9 Å². The van der Waals surface area contributed by atoms with Gasteiger partial charge in [-0.15, -0.1) is 12.4 Å². The molecular weight excluding hydrogens is 338 g/mol. The van der Waals surface area contributed by atoms with Gasteiger partial charge >= 0.3 is 6.61 Å². The van der Waals surface area contributed by atoms with Gasteiger partial charge in [-0.3, -0.25) is 4.79 Å². The number of carbonyl (C=O) groups is 1. The molecule has 0 bridgehead atoms. The van der Waals surface area contributed by atoms with Crippen molar-refractivity contribution < 1.29 is 18.3 Å². The van der Waals surface area contributed by atoms with Gasteiger partial charge in [0.1, 0.15) is 5.75 Å². The Hall–Kier alpha value is -1.40. The van der Waals surface area contributed by atoms with Crippen molar-refractivity contribution in [3.63, 3.8) is 0 Å². The zero-order valence-electron chi connectivity index (χ0n) is 13.8. The molecule has 1 saturated heterocycles. The molecule has 1 aromatic carbocycles. The summed E-state index contributed by atoms with van der Waals surface area (Å²) in [4.78, 5) is 12.0. The van der Waals surface area contributed by atoms with Crippen molar-refractivity contribution in [1.29, 1.82) is 0 Å². The van der Waals surface area contributed by atoms with Crippen molar-refractivity contribution in [2.75, 3.05) is 13.1 Å². The number of nitrogens with one attached hydrogen (secondary N) is 2. The minimum Gasteiger partial charge on any atom is -0.435 e. The highest BCUT2D eigenvalue weighted by molar-refractivity contribution is 5.85. The summed E-state index contributed by atoms with van der Waals surface area (Å²) < 4.78 is 28.5. The molecule has 1 aliphatic rings. The Morgan fingerprint density at radius 1 is 1.29 bits per heavy atom. The van der Waals surface area contributed by atoms with E-state index >= 15 is 0 Å². The summed E-state index contributed by atoms with van der Waals surface area (Å²) in [7, 11) is 0. The normalized spacial score (nSPS) is 16.3. The first kappa shape index (κ1) is 20.6. The number of hydrogen-bond acceptors (Lipinski definition) is 3. The SMILES string of the molecule is CC(NC(=O)CCC1CCNCC1)c1ccc(OC(F)F)cc1.Cl. The van der Waals surface area contributed by atoms with Gasteiger partial charge in [-0.1, -0.05) is 12.1 Å². The quantitative estimate of drug-likeness (QED) is 0.778. The molecule has 1 aliphatic heterocycles. The van der Waals surface area contributed by atoms with Crippen LogP contribution in [0, 0.1) is 5.92 Å². The highest BCUT2D eigenvalue weighted by Crippen LogP contribution is 2.20. The molecule has 2 N–H and O–H groups in total. The van der Waals surface area contributed by atoms with Crippen molar-refractivity contribution >= 4 is 18.3 Å². The second-order valence-corrected chi connectivity index (χ2v) is 5.97. The highest BCUT2D eigenvalue weighted by atomic mass is 35.5. The Morgan fingerprint density at radius 3 is 2.50 bits per heavy atom. The van der Waals surface area contributed by atoms with Gasteiger partial charge in [-0.2, -0.15) is 8.78 Å². The first-order chi connectivity index (χ1) is 11.0. The van der Waals surface area contributed by atoms with E-state index in [1.54, 1.807) is 12.1 Å². The number of alkyl halides is 2. The third kappa shape index (κ3) is 7.01. The van der Waals surface area contributed by atoms with E-state index in [1.165, 1.54) is 12.1 Å². The lowest BCUT2D eigenvalue weighted by atomic mass is 9.93. The number of ether oxygens (including phenoxy) is 1. The lowest BCUT2D eigenvalue weighted by Gasteiger charge is -2.22. The predicted octanol–water partition coefficient (Wildman–Crippen LogP) is 3.67. The van der Waals surface area contributed by atoms with E-state index in [-0.39, 0.29) is 30.1 Å². The second-order valence-electron chi connectivity index (χ2n) is 5.97. The molecule has 0 aromatic heterocycles. The third-order valence-corrected chi connectivity index (χ3v) is 4.22. The number of benzene rings is 1. The summed E-state index contributed by atoms with van der Waals surface area (Å²) in [5.74, 6) is 0.778. The monoisotopic (exact) mass is 362 g/mol. The predicted molar refractivity (Wildman–Crippen MR) is 91.7 cm³/mol. The molecule has 1 fully saturated rings. The average molecular weight is 363 g/mol. The molecule has 4 nitrogen and oxygen atoms in total. The standard InChI is InChI=1S/C17H24F2N2O2.ClH/c1-12(14-3-5-15(6-4-14)23-17(18)19)21-16(22)7-2-13-8-10-20-11-9-13;/h3-6,12-13,17,20H,2,7-11H2,1H3,(H,21,22);1H. The van der Waals surface area contributed by atoms with Gasteiger partial charge in [0.25, 0.3) is 0 Å². The first-order valence-corrected chi connectivity index (χ1v) is 8.09. The number of amides is 1. The maximum Gasteiger partial charge on any atom is 0.387 e. The molecular formula is C17H25ClF2N2O2. The molecule has 0 aliphatic carbocycles. The summed E-state index contributed by atoms with van der Waals surface area (Å²) in [5, 5.41) is 6.27. The molecule has 2 rings (SSSR count).